The molecule has 0 amide bonds. The molecule has 0 aliphatic rings. The summed E-state index contributed by atoms with van der Waals surface area (Å²) < 4.78 is 5.37. The van der Waals surface area contributed by atoms with Crippen LogP contribution in [0.25, 0.3) is 11.3 Å². The Bertz CT molecular complexity index is 509. The first-order valence-electron chi connectivity index (χ1n) is 5.45. The Morgan fingerprint density at radius 3 is 2.47 bits per heavy atom. The topological polar surface area (TPSA) is 74.2 Å². The van der Waals surface area contributed by atoms with E-state index in [0.717, 1.165) is 11.3 Å². The van der Waals surface area contributed by atoms with Crippen LogP contribution in [-0.2, 0) is 0 Å². The monoisotopic (exact) mass is 229 g/mol. The first-order valence-corrected chi connectivity index (χ1v) is 5.45. The van der Waals surface area contributed by atoms with Gasteiger partial charge in [-0.1, -0.05) is 0 Å². The minimum Gasteiger partial charge on any atom is -0.494 e. The highest BCUT2D eigenvalue weighted by molar-refractivity contribution is 5.81. The number of nitrogen functional groups attached to an aromatic ring is 2. The standard InChI is InChI=1S/C13H15N3O/c1-2-17-10-5-3-9(4-6-10)13-12(15)11(14)7-8-16-13/h3-8H,2,15H2,1H3,(H2,14,16). The molecule has 0 bridgehead atoms. The molecule has 1 aromatic heterocycles. The van der Waals surface area contributed by atoms with Crippen molar-refractivity contribution in [3.63, 3.8) is 0 Å². The van der Waals surface area contributed by atoms with Crippen LogP contribution in [-0.4, -0.2) is 11.6 Å². The third-order valence-electron chi connectivity index (χ3n) is 2.46. The van der Waals surface area contributed by atoms with Crippen LogP contribution in [0.3, 0.4) is 0 Å². The highest BCUT2D eigenvalue weighted by atomic mass is 16.5. The zero-order chi connectivity index (χ0) is 12.3. The number of nitrogens with two attached hydrogens (primary N) is 2. The van der Waals surface area contributed by atoms with Crippen LogP contribution in [0.5, 0.6) is 5.75 Å². The summed E-state index contributed by atoms with van der Waals surface area (Å²) in [5.74, 6) is 0.832. The van der Waals surface area contributed by atoms with Crippen molar-refractivity contribution in [3.05, 3.63) is 36.5 Å². The average Bonchev–Trinajstić information content (AvgIpc) is 2.34. The summed E-state index contributed by atoms with van der Waals surface area (Å²) in [5.41, 5.74) is 14.3. The lowest BCUT2D eigenvalue weighted by Gasteiger charge is -2.08. The Morgan fingerprint density at radius 2 is 1.82 bits per heavy atom. The smallest absolute Gasteiger partial charge is 0.119 e. The van der Waals surface area contributed by atoms with Gasteiger partial charge in [-0.2, -0.15) is 0 Å². The summed E-state index contributed by atoms with van der Waals surface area (Å²) in [7, 11) is 0. The van der Waals surface area contributed by atoms with Gasteiger partial charge in [0.05, 0.1) is 23.7 Å². The van der Waals surface area contributed by atoms with Gasteiger partial charge in [0.25, 0.3) is 0 Å². The number of hydrogen-bond acceptors (Lipinski definition) is 4. The van der Waals surface area contributed by atoms with Crippen molar-refractivity contribution in [1.29, 1.82) is 0 Å². The lowest BCUT2D eigenvalue weighted by atomic mass is 10.1. The number of aromatic nitrogens is 1. The van der Waals surface area contributed by atoms with E-state index in [1.807, 2.05) is 31.2 Å². The number of nitrogens with zero attached hydrogens (tertiary/aromatic N) is 1. The first-order chi connectivity index (χ1) is 8.22. The Labute approximate surface area is 100 Å². The van der Waals surface area contributed by atoms with Gasteiger partial charge in [0.1, 0.15) is 5.75 Å². The van der Waals surface area contributed by atoms with Crippen molar-refractivity contribution in [2.45, 2.75) is 6.92 Å². The van der Waals surface area contributed by atoms with Gasteiger partial charge in [-0.15, -0.1) is 0 Å². The molecular formula is C13H15N3O. The second-order valence-electron chi connectivity index (χ2n) is 3.62. The predicted molar refractivity (Wildman–Crippen MR) is 69.7 cm³/mol. The van der Waals surface area contributed by atoms with Gasteiger partial charge in [-0.05, 0) is 37.3 Å². The van der Waals surface area contributed by atoms with Crippen LogP contribution in [0.4, 0.5) is 11.4 Å². The Kier molecular flexibility index (Phi) is 3.14. The number of pyridine rings is 1. The lowest BCUT2D eigenvalue weighted by Crippen LogP contribution is -1.99. The number of ether oxygens (including phenoxy) is 1. The van der Waals surface area contributed by atoms with Gasteiger partial charge in [-0.3, -0.25) is 4.98 Å². The van der Waals surface area contributed by atoms with Crippen molar-refractivity contribution < 1.29 is 4.74 Å². The second-order valence-corrected chi connectivity index (χ2v) is 3.62. The minimum atomic E-state index is 0.511. The molecule has 4 nitrogen and oxygen atoms in total. The highest BCUT2D eigenvalue weighted by Crippen LogP contribution is 2.28. The normalized spacial score (nSPS) is 10.2. The van der Waals surface area contributed by atoms with Gasteiger partial charge in [0.15, 0.2) is 0 Å². The fourth-order valence-corrected chi connectivity index (χ4v) is 1.59. The van der Waals surface area contributed by atoms with Crippen LogP contribution >= 0.6 is 0 Å². The first kappa shape index (κ1) is 11.3. The van der Waals surface area contributed by atoms with Gasteiger partial charge < -0.3 is 16.2 Å². The number of anilines is 2. The molecule has 4 N–H and O–H groups in total. The Morgan fingerprint density at radius 1 is 1.12 bits per heavy atom. The van der Waals surface area contributed by atoms with Crippen molar-refractivity contribution in [1.82, 2.24) is 4.98 Å². The quantitative estimate of drug-likeness (QED) is 0.847. The third kappa shape index (κ3) is 2.30. The van der Waals surface area contributed by atoms with Crippen molar-refractivity contribution in [3.8, 4) is 17.0 Å². The largest absolute Gasteiger partial charge is 0.494 e. The van der Waals surface area contributed by atoms with Crippen LogP contribution < -0.4 is 16.2 Å². The molecule has 4 heteroatoms. The van der Waals surface area contributed by atoms with Crippen LogP contribution in [0.15, 0.2) is 36.5 Å². The van der Waals surface area contributed by atoms with Crippen LogP contribution in [0.2, 0.25) is 0 Å². The fourth-order valence-electron chi connectivity index (χ4n) is 1.59. The van der Waals surface area contributed by atoms with E-state index in [-0.39, 0.29) is 0 Å². The zero-order valence-electron chi connectivity index (χ0n) is 9.68. The molecule has 1 aromatic carbocycles. The summed E-state index contributed by atoms with van der Waals surface area (Å²) >= 11 is 0. The lowest BCUT2D eigenvalue weighted by molar-refractivity contribution is 0.340. The van der Waals surface area contributed by atoms with Crippen LogP contribution in [0.1, 0.15) is 6.92 Å². The van der Waals surface area contributed by atoms with Gasteiger partial charge in [0, 0.05) is 11.8 Å². The van der Waals surface area contributed by atoms with Crippen molar-refractivity contribution in [2.24, 2.45) is 0 Å². The zero-order valence-corrected chi connectivity index (χ0v) is 9.68. The molecule has 0 fully saturated rings. The molecule has 17 heavy (non-hydrogen) atoms. The Balaban J connectivity index is 2.36. The number of benzene rings is 1. The highest BCUT2D eigenvalue weighted by Gasteiger charge is 2.06. The molecule has 0 saturated carbocycles. The molecule has 0 atom stereocenters. The number of rotatable bonds is 3. The third-order valence-corrected chi connectivity index (χ3v) is 2.46. The summed E-state index contributed by atoms with van der Waals surface area (Å²) in [6.07, 6.45) is 1.65. The second kappa shape index (κ2) is 4.74. The van der Waals surface area contributed by atoms with E-state index in [2.05, 4.69) is 4.98 Å². The molecule has 88 valence electrons. The minimum absolute atomic E-state index is 0.511. The molecule has 0 spiro atoms. The molecular weight excluding hydrogens is 214 g/mol. The maximum Gasteiger partial charge on any atom is 0.119 e. The number of hydrogen-bond donors (Lipinski definition) is 2. The van der Waals surface area contributed by atoms with Crippen LogP contribution in [0, 0.1) is 0 Å². The van der Waals surface area contributed by atoms with Gasteiger partial charge >= 0.3 is 0 Å². The van der Waals surface area contributed by atoms with E-state index in [1.165, 1.54) is 0 Å². The van der Waals surface area contributed by atoms with E-state index in [9.17, 15) is 0 Å². The van der Waals surface area contributed by atoms with Gasteiger partial charge in [0.2, 0.25) is 0 Å². The molecule has 0 aliphatic carbocycles. The van der Waals surface area contributed by atoms with Crippen molar-refractivity contribution >= 4 is 11.4 Å². The Hall–Kier alpha value is -2.23. The summed E-state index contributed by atoms with van der Waals surface area (Å²) in [5, 5.41) is 0. The molecule has 0 saturated heterocycles. The van der Waals surface area contributed by atoms with Gasteiger partial charge in [-0.25, -0.2) is 0 Å². The molecule has 2 aromatic rings. The predicted octanol–water partition coefficient (Wildman–Crippen LogP) is 2.31. The molecule has 0 radical (unpaired) electrons. The van der Waals surface area contributed by atoms with E-state index < -0.39 is 0 Å². The molecule has 0 aliphatic heterocycles. The van der Waals surface area contributed by atoms with E-state index in [1.54, 1.807) is 12.3 Å². The van der Waals surface area contributed by atoms with Crippen molar-refractivity contribution in [2.75, 3.05) is 18.1 Å². The maximum absolute atomic E-state index is 5.89. The maximum atomic E-state index is 5.89. The molecule has 1 heterocycles. The molecule has 2 rings (SSSR count). The van der Waals surface area contributed by atoms with E-state index >= 15 is 0 Å². The van der Waals surface area contributed by atoms with E-state index in [0.29, 0.717) is 23.7 Å². The summed E-state index contributed by atoms with van der Waals surface area (Å²) in [6.45, 7) is 2.60. The summed E-state index contributed by atoms with van der Waals surface area (Å²) in [6, 6.07) is 9.31. The molecule has 0 unspecified atom stereocenters. The summed E-state index contributed by atoms with van der Waals surface area (Å²) in [4.78, 5) is 4.24. The fraction of sp³-hybridized carbons (Fsp3) is 0.154. The van der Waals surface area contributed by atoms with E-state index in [4.69, 9.17) is 16.2 Å². The SMILES string of the molecule is CCOc1ccc(-c2nccc(N)c2N)cc1. The average molecular weight is 229 g/mol.